The van der Waals surface area contributed by atoms with Crippen molar-refractivity contribution in [3.05, 3.63) is 65.8 Å². The van der Waals surface area contributed by atoms with E-state index in [-0.39, 0.29) is 11.8 Å². The molecule has 3 N–H and O–H groups in total. The molecule has 5 heterocycles. The molecule has 8 nitrogen and oxygen atoms in total. The molecule has 182 valence electrons. The second-order valence-corrected chi connectivity index (χ2v) is 10.7. The van der Waals surface area contributed by atoms with Gasteiger partial charge in [0.2, 0.25) is 5.91 Å². The average Bonchev–Trinajstić information content (AvgIpc) is 3.60. The summed E-state index contributed by atoms with van der Waals surface area (Å²) in [5.74, 6) is 0.832. The van der Waals surface area contributed by atoms with Gasteiger partial charge in [-0.3, -0.25) is 14.9 Å². The first kappa shape index (κ1) is 21.9. The smallest absolute Gasteiger partial charge is 0.227 e. The van der Waals surface area contributed by atoms with Gasteiger partial charge in [-0.05, 0) is 56.2 Å². The summed E-state index contributed by atoms with van der Waals surface area (Å²) in [6.07, 6.45) is 6.45. The number of aromatic nitrogens is 6. The molecular weight excluding hydrogens is 482 g/mol. The number of imidazole rings is 1. The lowest BCUT2D eigenvalue weighted by molar-refractivity contribution is -0.122. The van der Waals surface area contributed by atoms with Crippen molar-refractivity contribution in [2.75, 3.05) is 5.32 Å². The number of anilines is 1. The lowest BCUT2D eigenvalue weighted by atomic mass is 9.85. The topological polar surface area (TPSA) is 112 Å². The number of carbonyl (C=O) groups excluding carboxylic acids is 1. The second-order valence-electron chi connectivity index (χ2n) is 9.44. The van der Waals surface area contributed by atoms with Crippen molar-refractivity contribution < 1.29 is 4.79 Å². The number of hydrogen-bond acceptors (Lipinski definition) is 6. The number of hydrogen-bond donors (Lipinski definition) is 3. The number of thiophene rings is 1. The molecule has 0 spiro atoms. The van der Waals surface area contributed by atoms with Crippen LogP contribution in [0.1, 0.15) is 24.1 Å². The Balaban J connectivity index is 1.26. The van der Waals surface area contributed by atoms with Gasteiger partial charge >= 0.3 is 0 Å². The zero-order valence-corrected chi connectivity index (χ0v) is 20.9. The van der Waals surface area contributed by atoms with Crippen molar-refractivity contribution in [3.63, 3.8) is 0 Å². The highest BCUT2D eigenvalue weighted by Gasteiger charge is 2.25. The monoisotopic (exact) mass is 505 g/mol. The number of nitrogens with zero attached hydrogens (tertiary/aromatic N) is 4. The molecule has 0 saturated heterocycles. The molecular formula is C28H23N7OS. The lowest BCUT2D eigenvalue weighted by Crippen LogP contribution is -2.28. The van der Waals surface area contributed by atoms with Gasteiger partial charge in [0, 0.05) is 33.0 Å². The van der Waals surface area contributed by atoms with E-state index < -0.39 is 0 Å². The van der Waals surface area contributed by atoms with Crippen LogP contribution in [0.2, 0.25) is 0 Å². The van der Waals surface area contributed by atoms with E-state index in [1.165, 1.54) is 9.75 Å². The highest BCUT2D eigenvalue weighted by Crippen LogP contribution is 2.35. The van der Waals surface area contributed by atoms with E-state index in [0.717, 1.165) is 52.6 Å². The normalized spacial score (nSPS) is 13.8. The Morgan fingerprint density at radius 3 is 2.76 bits per heavy atom. The molecule has 1 amide bonds. The summed E-state index contributed by atoms with van der Waals surface area (Å²) < 4.78 is 0. The molecule has 0 atom stereocenters. The van der Waals surface area contributed by atoms with Crippen LogP contribution in [0.3, 0.4) is 0 Å². The quantitative estimate of drug-likeness (QED) is 0.253. The molecule has 5 aromatic heterocycles. The zero-order chi connectivity index (χ0) is 24.9. The maximum atomic E-state index is 12.4. The Hall–Kier alpha value is -4.37. The van der Waals surface area contributed by atoms with Gasteiger partial charge in [0.05, 0.1) is 34.1 Å². The zero-order valence-electron chi connectivity index (χ0n) is 20.1. The van der Waals surface area contributed by atoms with E-state index in [1.54, 1.807) is 23.7 Å². The first-order valence-corrected chi connectivity index (χ1v) is 13.1. The van der Waals surface area contributed by atoms with Gasteiger partial charge in [0.1, 0.15) is 5.52 Å². The summed E-state index contributed by atoms with van der Waals surface area (Å²) >= 11 is 1.76. The summed E-state index contributed by atoms with van der Waals surface area (Å²) in [6, 6.07) is 16.2. The van der Waals surface area contributed by atoms with Gasteiger partial charge in [-0.1, -0.05) is 18.6 Å². The fourth-order valence-electron chi connectivity index (χ4n) is 4.71. The fraction of sp³-hybridized carbons (Fsp3) is 0.179. The highest BCUT2D eigenvalue weighted by molar-refractivity contribution is 7.15. The molecule has 7 rings (SSSR count). The van der Waals surface area contributed by atoms with E-state index in [4.69, 9.17) is 9.97 Å². The lowest BCUT2D eigenvalue weighted by Gasteiger charge is -2.24. The van der Waals surface area contributed by atoms with E-state index in [2.05, 4.69) is 50.6 Å². The predicted octanol–water partition coefficient (Wildman–Crippen LogP) is 6.34. The number of aryl methyl sites for hydroxylation is 1. The van der Waals surface area contributed by atoms with Crippen LogP contribution in [-0.4, -0.2) is 36.0 Å². The van der Waals surface area contributed by atoms with E-state index in [0.29, 0.717) is 22.7 Å². The van der Waals surface area contributed by atoms with Crippen LogP contribution in [0, 0.1) is 12.8 Å². The molecule has 0 aliphatic heterocycles. The minimum Gasteiger partial charge on any atom is -0.336 e. The number of amides is 1. The number of benzene rings is 1. The van der Waals surface area contributed by atoms with Crippen molar-refractivity contribution >= 4 is 45.0 Å². The Morgan fingerprint density at radius 1 is 1.03 bits per heavy atom. The minimum absolute atomic E-state index is 0.0627. The Kier molecular flexibility index (Phi) is 5.10. The van der Waals surface area contributed by atoms with Crippen LogP contribution in [0.25, 0.3) is 55.3 Å². The van der Waals surface area contributed by atoms with Crippen LogP contribution in [0.5, 0.6) is 0 Å². The number of nitrogens with one attached hydrogen (secondary N) is 3. The second kappa shape index (κ2) is 8.63. The Labute approximate surface area is 216 Å². The van der Waals surface area contributed by atoms with Gasteiger partial charge in [-0.25, -0.2) is 9.97 Å². The Morgan fingerprint density at radius 2 is 1.95 bits per heavy atom. The average molecular weight is 506 g/mol. The molecule has 1 aliphatic carbocycles. The Bertz CT molecular complexity index is 1790. The predicted molar refractivity (Wildman–Crippen MR) is 146 cm³/mol. The van der Waals surface area contributed by atoms with Crippen molar-refractivity contribution in [2.24, 2.45) is 5.92 Å². The SMILES string of the molecule is Cc1ccc(-c2cccc3[nH]c(-c4n[nH]c5ccc(-c6cncc(NC(=O)C7CCC7)c6)nc45)nc23)s1. The molecule has 1 saturated carbocycles. The number of aromatic amines is 2. The van der Waals surface area contributed by atoms with Gasteiger partial charge in [-0.2, -0.15) is 5.10 Å². The van der Waals surface area contributed by atoms with E-state index >= 15 is 0 Å². The maximum Gasteiger partial charge on any atom is 0.227 e. The van der Waals surface area contributed by atoms with Gasteiger partial charge in [0.15, 0.2) is 11.5 Å². The molecule has 1 fully saturated rings. The van der Waals surface area contributed by atoms with Crippen LogP contribution < -0.4 is 5.32 Å². The third kappa shape index (κ3) is 3.88. The van der Waals surface area contributed by atoms with Crippen LogP contribution in [0.15, 0.2) is 60.9 Å². The summed E-state index contributed by atoms with van der Waals surface area (Å²) in [6.45, 7) is 2.11. The first-order valence-electron chi connectivity index (χ1n) is 12.3. The van der Waals surface area contributed by atoms with E-state index in [1.807, 2.05) is 30.3 Å². The van der Waals surface area contributed by atoms with Crippen molar-refractivity contribution in [1.82, 2.24) is 30.1 Å². The molecule has 9 heteroatoms. The summed E-state index contributed by atoms with van der Waals surface area (Å²) in [5, 5.41) is 10.6. The standard InChI is InChI=1S/C28H23N7OS/c1-15-8-11-23(37-15)19-6-3-7-21-24(19)33-27(32-21)26-25-22(34-35-26)10-9-20(31-25)17-12-18(14-29-13-17)30-28(36)16-4-2-5-16/h3,6-14,16H,2,4-5H2,1H3,(H,30,36)(H,32,33)(H,34,35). The van der Waals surface area contributed by atoms with Gasteiger partial charge in [-0.15, -0.1) is 11.3 Å². The molecule has 0 unspecified atom stereocenters. The molecule has 1 aromatic carbocycles. The van der Waals surface area contributed by atoms with Crippen molar-refractivity contribution in [1.29, 1.82) is 0 Å². The van der Waals surface area contributed by atoms with Crippen molar-refractivity contribution in [2.45, 2.75) is 26.2 Å². The highest BCUT2D eigenvalue weighted by atomic mass is 32.1. The molecule has 1 aliphatic rings. The van der Waals surface area contributed by atoms with Gasteiger partial charge in [0.25, 0.3) is 0 Å². The number of H-pyrrole nitrogens is 2. The van der Waals surface area contributed by atoms with Crippen molar-refractivity contribution in [3.8, 4) is 33.2 Å². The first-order chi connectivity index (χ1) is 18.1. The molecule has 0 bridgehead atoms. The third-order valence-electron chi connectivity index (χ3n) is 6.93. The molecule has 0 radical (unpaired) electrons. The largest absolute Gasteiger partial charge is 0.336 e. The number of pyridine rings is 2. The molecule has 6 aromatic rings. The van der Waals surface area contributed by atoms with E-state index in [9.17, 15) is 4.79 Å². The van der Waals surface area contributed by atoms with Crippen LogP contribution >= 0.6 is 11.3 Å². The minimum atomic E-state index is 0.0627. The summed E-state index contributed by atoms with van der Waals surface area (Å²) in [4.78, 5) is 32.5. The fourth-order valence-corrected chi connectivity index (χ4v) is 5.60. The summed E-state index contributed by atoms with van der Waals surface area (Å²) in [7, 11) is 0. The number of carbonyl (C=O) groups is 1. The van der Waals surface area contributed by atoms with Crippen LogP contribution in [-0.2, 0) is 4.79 Å². The number of fused-ring (bicyclic) bond motifs is 2. The maximum absolute atomic E-state index is 12.4. The van der Waals surface area contributed by atoms with Crippen LogP contribution in [0.4, 0.5) is 5.69 Å². The number of rotatable bonds is 5. The van der Waals surface area contributed by atoms with Gasteiger partial charge < -0.3 is 10.3 Å². The third-order valence-corrected chi connectivity index (χ3v) is 7.96. The molecule has 37 heavy (non-hydrogen) atoms. The summed E-state index contributed by atoms with van der Waals surface area (Å²) in [5.41, 5.74) is 7.38. The number of para-hydroxylation sites is 1.